The van der Waals surface area contributed by atoms with E-state index in [9.17, 15) is 18.0 Å². The smallest absolute Gasteiger partial charge is 0.342 e. The number of nitrogens with one attached hydrogen (secondary N) is 1. The van der Waals surface area contributed by atoms with Gasteiger partial charge in [-0.05, 0) is 35.7 Å². The van der Waals surface area contributed by atoms with E-state index in [0.29, 0.717) is 10.9 Å². The molecule has 152 valence electrons. The lowest BCUT2D eigenvalue weighted by atomic mass is 10.2. The molecular formula is C19H14N4O5S2. The second-order valence-electron chi connectivity index (χ2n) is 6.06. The van der Waals surface area contributed by atoms with Crippen molar-refractivity contribution in [2.75, 3.05) is 4.72 Å². The first-order valence-corrected chi connectivity index (χ1v) is 11.0. The largest absolute Gasteiger partial charge is 0.438 e. The van der Waals surface area contributed by atoms with Gasteiger partial charge < -0.3 is 4.74 Å². The fourth-order valence-corrected chi connectivity index (χ4v) is 4.74. The number of rotatable bonds is 6. The van der Waals surface area contributed by atoms with Crippen LogP contribution in [0.2, 0.25) is 0 Å². The van der Waals surface area contributed by atoms with E-state index in [1.807, 2.05) is 0 Å². The fraction of sp³-hybridized carbons (Fsp3) is 0.0526. The highest BCUT2D eigenvalue weighted by molar-refractivity contribution is 7.94. The summed E-state index contributed by atoms with van der Waals surface area (Å²) in [4.78, 5) is 25.0. The second-order valence-corrected chi connectivity index (χ2v) is 8.91. The average Bonchev–Trinajstić information content (AvgIpc) is 3.29. The summed E-state index contributed by atoms with van der Waals surface area (Å²) in [6.07, 6.45) is 0. The molecule has 30 heavy (non-hydrogen) atoms. The molecule has 2 aromatic heterocycles. The molecule has 0 spiro atoms. The van der Waals surface area contributed by atoms with Crippen molar-refractivity contribution in [1.29, 1.82) is 0 Å². The van der Waals surface area contributed by atoms with E-state index in [2.05, 4.69) is 15.0 Å². The Morgan fingerprint density at radius 3 is 2.63 bits per heavy atom. The number of carbonyl (C=O) groups excluding carboxylic acids is 1. The lowest BCUT2D eigenvalue weighted by Crippen LogP contribution is -2.26. The summed E-state index contributed by atoms with van der Waals surface area (Å²) in [5.41, 5.74) is 0.0331. The van der Waals surface area contributed by atoms with E-state index in [0.717, 1.165) is 16.0 Å². The van der Waals surface area contributed by atoms with Crippen LogP contribution in [0.25, 0.3) is 10.9 Å². The molecule has 2 aromatic carbocycles. The predicted octanol–water partition coefficient (Wildman–Crippen LogP) is 2.47. The van der Waals surface area contributed by atoms with Gasteiger partial charge in [0.15, 0.2) is 6.73 Å². The van der Waals surface area contributed by atoms with Crippen LogP contribution in [0.5, 0.6) is 0 Å². The van der Waals surface area contributed by atoms with Crippen LogP contribution >= 0.6 is 11.3 Å². The normalized spacial score (nSPS) is 11.3. The highest BCUT2D eigenvalue weighted by Gasteiger charge is 2.20. The van der Waals surface area contributed by atoms with Gasteiger partial charge in [0.2, 0.25) is 0 Å². The Morgan fingerprint density at radius 1 is 1.07 bits per heavy atom. The van der Waals surface area contributed by atoms with Crippen molar-refractivity contribution >= 4 is 43.9 Å². The summed E-state index contributed by atoms with van der Waals surface area (Å²) in [7, 11) is -3.84. The molecule has 0 fully saturated rings. The standard InChI is InChI=1S/C19H14N4O5S2/c24-18-13-6-1-3-8-15(13)20-22-23(18)12-28-19(25)14-7-2-4-9-16(14)21-30(26,27)17-10-5-11-29-17/h1-11,21H,12H2. The molecular weight excluding hydrogens is 428 g/mol. The Morgan fingerprint density at radius 2 is 1.83 bits per heavy atom. The van der Waals surface area contributed by atoms with Crippen molar-refractivity contribution in [3.05, 3.63) is 82.0 Å². The molecule has 0 aliphatic carbocycles. The predicted molar refractivity (Wildman–Crippen MR) is 111 cm³/mol. The number of carbonyl (C=O) groups is 1. The quantitative estimate of drug-likeness (QED) is 0.455. The van der Waals surface area contributed by atoms with Crippen LogP contribution in [-0.2, 0) is 21.5 Å². The van der Waals surface area contributed by atoms with Crippen LogP contribution in [0.15, 0.2) is 75.0 Å². The van der Waals surface area contributed by atoms with Crippen LogP contribution in [-0.4, -0.2) is 29.4 Å². The number of fused-ring (bicyclic) bond motifs is 1. The maximum atomic E-state index is 12.6. The van der Waals surface area contributed by atoms with E-state index in [-0.39, 0.29) is 15.5 Å². The molecule has 0 saturated carbocycles. The number of benzene rings is 2. The minimum Gasteiger partial charge on any atom is -0.438 e. The minimum atomic E-state index is -3.84. The number of ether oxygens (including phenoxy) is 1. The minimum absolute atomic E-state index is 0.000529. The average molecular weight is 442 g/mol. The van der Waals surface area contributed by atoms with E-state index in [1.54, 1.807) is 47.8 Å². The van der Waals surface area contributed by atoms with Crippen LogP contribution in [0, 0.1) is 0 Å². The molecule has 4 aromatic rings. The van der Waals surface area contributed by atoms with Gasteiger partial charge in [-0.15, -0.1) is 16.4 Å². The number of para-hydroxylation sites is 1. The van der Waals surface area contributed by atoms with Crippen molar-refractivity contribution in [1.82, 2.24) is 15.0 Å². The van der Waals surface area contributed by atoms with Crippen molar-refractivity contribution < 1.29 is 17.9 Å². The summed E-state index contributed by atoms with van der Waals surface area (Å²) >= 11 is 1.05. The van der Waals surface area contributed by atoms with Gasteiger partial charge in [-0.3, -0.25) is 9.52 Å². The molecule has 4 rings (SSSR count). The highest BCUT2D eigenvalue weighted by atomic mass is 32.2. The highest BCUT2D eigenvalue weighted by Crippen LogP contribution is 2.23. The number of aromatic nitrogens is 3. The number of hydrogen-bond acceptors (Lipinski definition) is 8. The zero-order chi connectivity index (χ0) is 21.1. The maximum absolute atomic E-state index is 12.6. The van der Waals surface area contributed by atoms with E-state index in [1.165, 1.54) is 18.2 Å². The van der Waals surface area contributed by atoms with Gasteiger partial charge in [0, 0.05) is 0 Å². The van der Waals surface area contributed by atoms with E-state index in [4.69, 9.17) is 4.74 Å². The van der Waals surface area contributed by atoms with Gasteiger partial charge in [-0.2, -0.15) is 4.68 Å². The number of sulfonamides is 1. The first-order valence-electron chi connectivity index (χ1n) is 8.61. The second kappa shape index (κ2) is 8.05. The van der Waals surface area contributed by atoms with Crippen molar-refractivity contribution in [3.63, 3.8) is 0 Å². The monoisotopic (exact) mass is 442 g/mol. The SMILES string of the molecule is O=C(OCn1nnc2ccccc2c1=O)c1ccccc1NS(=O)(=O)c1cccs1. The molecule has 0 aliphatic rings. The first-order chi connectivity index (χ1) is 14.5. The Bertz CT molecular complexity index is 1380. The summed E-state index contributed by atoms with van der Waals surface area (Å²) < 4.78 is 33.5. The van der Waals surface area contributed by atoms with Gasteiger partial charge in [0.05, 0.1) is 16.6 Å². The van der Waals surface area contributed by atoms with Gasteiger partial charge >= 0.3 is 5.97 Å². The van der Waals surface area contributed by atoms with Crippen LogP contribution in [0.3, 0.4) is 0 Å². The summed E-state index contributed by atoms with van der Waals surface area (Å²) in [6.45, 7) is -0.471. The summed E-state index contributed by atoms with van der Waals surface area (Å²) in [5.74, 6) is -0.818. The number of anilines is 1. The molecule has 0 radical (unpaired) electrons. The zero-order valence-corrected chi connectivity index (χ0v) is 16.9. The lowest BCUT2D eigenvalue weighted by molar-refractivity contribution is 0.0337. The maximum Gasteiger partial charge on any atom is 0.342 e. The molecule has 2 heterocycles. The number of hydrogen-bond donors (Lipinski definition) is 1. The molecule has 0 bridgehead atoms. The van der Waals surface area contributed by atoms with E-state index >= 15 is 0 Å². The molecule has 11 heteroatoms. The van der Waals surface area contributed by atoms with Crippen LogP contribution in [0.4, 0.5) is 5.69 Å². The molecule has 0 atom stereocenters. The summed E-state index contributed by atoms with van der Waals surface area (Å²) in [6, 6.07) is 15.8. The number of nitrogens with zero attached hydrogens (tertiary/aromatic N) is 3. The third-order valence-corrected chi connectivity index (χ3v) is 6.86. The molecule has 0 amide bonds. The topological polar surface area (TPSA) is 120 Å². The third-order valence-electron chi connectivity index (χ3n) is 4.10. The van der Waals surface area contributed by atoms with Gasteiger partial charge in [0.1, 0.15) is 9.73 Å². The van der Waals surface area contributed by atoms with Crippen molar-refractivity contribution in [2.45, 2.75) is 10.9 Å². The molecule has 1 N–H and O–H groups in total. The third kappa shape index (κ3) is 3.93. The summed E-state index contributed by atoms with van der Waals surface area (Å²) in [5, 5.41) is 9.65. The first kappa shape index (κ1) is 19.7. The van der Waals surface area contributed by atoms with Gasteiger partial charge in [0.25, 0.3) is 15.6 Å². The number of thiophene rings is 1. The van der Waals surface area contributed by atoms with Crippen molar-refractivity contribution in [3.8, 4) is 0 Å². The van der Waals surface area contributed by atoms with Crippen molar-refractivity contribution in [2.24, 2.45) is 0 Å². The Labute approximate surface area is 174 Å². The van der Waals surface area contributed by atoms with Crippen LogP contribution in [0.1, 0.15) is 10.4 Å². The van der Waals surface area contributed by atoms with E-state index < -0.39 is 28.3 Å². The Hall–Kier alpha value is -3.57. The molecule has 0 unspecified atom stereocenters. The molecule has 0 aliphatic heterocycles. The zero-order valence-electron chi connectivity index (χ0n) is 15.3. The molecule has 9 nitrogen and oxygen atoms in total. The Kier molecular flexibility index (Phi) is 5.29. The van der Waals surface area contributed by atoms with Gasteiger partial charge in [-0.25, -0.2) is 13.2 Å². The fourth-order valence-electron chi connectivity index (χ4n) is 2.67. The van der Waals surface area contributed by atoms with Gasteiger partial charge in [-0.1, -0.05) is 35.5 Å². The van der Waals surface area contributed by atoms with Crippen LogP contribution < -0.4 is 10.3 Å². The molecule has 0 saturated heterocycles. The Balaban J connectivity index is 1.55. The number of esters is 1. The lowest BCUT2D eigenvalue weighted by Gasteiger charge is -2.12.